The first-order valence-electron chi connectivity index (χ1n) is 13.7. The predicted molar refractivity (Wildman–Crippen MR) is 149 cm³/mol. The highest BCUT2D eigenvalue weighted by atomic mass is 16.2. The van der Waals surface area contributed by atoms with Crippen LogP contribution in [0.5, 0.6) is 0 Å². The molecule has 0 saturated carbocycles. The number of likely N-dealkylation sites (N-methyl/N-ethyl adjacent to an activating group) is 2. The zero-order valence-electron chi connectivity index (χ0n) is 24.6. The molecule has 2 aliphatic rings. The fourth-order valence-electron chi connectivity index (χ4n) is 5.71. The highest BCUT2D eigenvalue weighted by molar-refractivity contribution is 6.07. The normalized spacial score (nSPS) is 21.8. The largest absolute Gasteiger partial charge is 0.334 e. The number of rotatable bonds is 8. The molecule has 39 heavy (non-hydrogen) atoms. The second-order valence-electron chi connectivity index (χ2n) is 12.7. The lowest BCUT2D eigenvalue weighted by Gasteiger charge is -2.37. The molecule has 0 aliphatic carbocycles. The molecule has 1 spiro atoms. The Kier molecular flexibility index (Phi) is 8.79. The summed E-state index contributed by atoms with van der Waals surface area (Å²) in [7, 11) is 3.23. The number of benzene rings is 1. The fraction of sp³-hybridized carbons (Fsp3) is 0.633. The zero-order chi connectivity index (χ0) is 29.3. The number of nitrogens with one attached hydrogen (secondary N) is 1. The Hall–Kier alpha value is -3.41. The van der Waals surface area contributed by atoms with Gasteiger partial charge in [-0.15, -0.1) is 0 Å². The van der Waals surface area contributed by atoms with Crippen LogP contribution in [0.4, 0.5) is 5.69 Å². The molecule has 0 unspecified atom stereocenters. The van der Waals surface area contributed by atoms with Crippen LogP contribution in [0.2, 0.25) is 0 Å². The molecule has 3 rings (SSSR count). The number of fused-ring (bicyclic) bond motifs is 2. The van der Waals surface area contributed by atoms with Gasteiger partial charge in [-0.1, -0.05) is 52.8 Å². The van der Waals surface area contributed by atoms with E-state index >= 15 is 0 Å². The van der Waals surface area contributed by atoms with Crippen LogP contribution in [0.25, 0.3) is 0 Å². The quantitative estimate of drug-likeness (QED) is 0.545. The third kappa shape index (κ3) is 6.10. The van der Waals surface area contributed by atoms with E-state index in [1.54, 1.807) is 14.1 Å². The molecule has 9 heteroatoms. The van der Waals surface area contributed by atoms with Gasteiger partial charge in [0.1, 0.15) is 18.1 Å². The summed E-state index contributed by atoms with van der Waals surface area (Å²) in [5.41, 5.74) is 0.459. The van der Waals surface area contributed by atoms with Crippen LogP contribution in [0.15, 0.2) is 24.3 Å². The lowest BCUT2D eigenvalue weighted by atomic mass is 9.80. The molecule has 4 amide bonds. The lowest BCUT2D eigenvalue weighted by Crippen LogP contribution is -2.56. The van der Waals surface area contributed by atoms with E-state index < -0.39 is 23.5 Å². The van der Waals surface area contributed by atoms with E-state index in [0.717, 1.165) is 12.0 Å². The average Bonchev–Trinajstić information content (AvgIpc) is 3.38. The summed E-state index contributed by atoms with van der Waals surface area (Å²) in [6.07, 6.45) is 1.78. The van der Waals surface area contributed by atoms with Crippen molar-refractivity contribution in [2.24, 2.45) is 11.3 Å². The van der Waals surface area contributed by atoms with Crippen LogP contribution < -0.4 is 5.32 Å². The van der Waals surface area contributed by atoms with Gasteiger partial charge in [0, 0.05) is 39.7 Å². The smallest absolute Gasteiger partial charge is 0.246 e. The van der Waals surface area contributed by atoms with Crippen molar-refractivity contribution in [1.29, 1.82) is 5.26 Å². The molecule has 2 aliphatic heterocycles. The molecular formula is C30H43N5O4. The van der Waals surface area contributed by atoms with Gasteiger partial charge in [0.05, 0.1) is 11.5 Å². The highest BCUT2D eigenvalue weighted by Gasteiger charge is 2.56. The Balaban J connectivity index is 1.93. The third-order valence-electron chi connectivity index (χ3n) is 8.13. The van der Waals surface area contributed by atoms with Crippen molar-refractivity contribution < 1.29 is 19.2 Å². The van der Waals surface area contributed by atoms with E-state index in [4.69, 9.17) is 0 Å². The van der Waals surface area contributed by atoms with Crippen LogP contribution in [0, 0.1) is 22.7 Å². The molecular weight excluding hydrogens is 494 g/mol. The minimum Gasteiger partial charge on any atom is -0.334 e. The number of anilines is 1. The molecule has 0 bridgehead atoms. The van der Waals surface area contributed by atoms with Gasteiger partial charge in [-0.05, 0) is 42.2 Å². The van der Waals surface area contributed by atoms with E-state index in [1.807, 2.05) is 38.1 Å². The Labute approximate surface area is 232 Å². The van der Waals surface area contributed by atoms with Crippen LogP contribution in [-0.4, -0.2) is 77.1 Å². The Morgan fingerprint density at radius 1 is 1.15 bits per heavy atom. The first-order chi connectivity index (χ1) is 18.1. The fourth-order valence-corrected chi connectivity index (χ4v) is 5.71. The standard InChI is InChI=1S/C30H43N5O4/c1-19(2)15-25(34(8)26(37)24(33(7)20(3)36)13-14-29(4,5)6)27(38)35-18-30(16-21(35)17-31)22-11-9-10-12-23(22)32-28(30)39/h9-12,19,21,24-25H,13-16,18H2,1-8H3,(H,32,39)/t21-,24-,25-,30-/m0/s1. The summed E-state index contributed by atoms with van der Waals surface area (Å²) in [5.74, 6) is -1.00. The number of nitrogens with zero attached hydrogens (tertiary/aromatic N) is 4. The minimum atomic E-state index is -0.998. The first kappa shape index (κ1) is 30.1. The second-order valence-corrected chi connectivity index (χ2v) is 12.7. The van der Waals surface area contributed by atoms with Gasteiger partial charge >= 0.3 is 0 Å². The molecule has 4 atom stereocenters. The molecule has 0 radical (unpaired) electrons. The number of para-hydroxylation sites is 1. The summed E-state index contributed by atoms with van der Waals surface area (Å²) in [5, 5.41) is 13.0. The molecule has 2 heterocycles. The van der Waals surface area contributed by atoms with Crippen molar-refractivity contribution >= 4 is 29.3 Å². The van der Waals surface area contributed by atoms with Crippen LogP contribution in [-0.2, 0) is 24.6 Å². The maximum atomic E-state index is 14.2. The summed E-state index contributed by atoms with van der Waals surface area (Å²) in [6.45, 7) is 11.7. The van der Waals surface area contributed by atoms with Gasteiger partial charge in [0.2, 0.25) is 23.6 Å². The van der Waals surface area contributed by atoms with Crippen molar-refractivity contribution in [2.75, 3.05) is 26.0 Å². The number of nitriles is 1. The van der Waals surface area contributed by atoms with Crippen molar-refractivity contribution in [3.63, 3.8) is 0 Å². The van der Waals surface area contributed by atoms with Crippen LogP contribution in [0.1, 0.15) is 72.8 Å². The monoisotopic (exact) mass is 537 g/mol. The molecule has 1 N–H and O–H groups in total. The molecule has 1 fully saturated rings. The van der Waals surface area contributed by atoms with Gasteiger partial charge in [-0.3, -0.25) is 19.2 Å². The number of amides is 4. The number of hydrogen-bond donors (Lipinski definition) is 1. The Morgan fingerprint density at radius 3 is 2.36 bits per heavy atom. The second kappa shape index (κ2) is 11.4. The molecule has 9 nitrogen and oxygen atoms in total. The van der Waals surface area contributed by atoms with E-state index in [0.29, 0.717) is 18.5 Å². The average molecular weight is 538 g/mol. The van der Waals surface area contributed by atoms with E-state index in [1.165, 1.54) is 21.6 Å². The Morgan fingerprint density at radius 2 is 1.79 bits per heavy atom. The predicted octanol–water partition coefficient (Wildman–Crippen LogP) is 3.55. The third-order valence-corrected chi connectivity index (χ3v) is 8.13. The number of carbonyl (C=O) groups excluding carboxylic acids is 4. The lowest BCUT2D eigenvalue weighted by molar-refractivity contribution is -0.150. The number of likely N-dealkylation sites (tertiary alicyclic amines) is 1. The minimum absolute atomic E-state index is 0.0378. The van der Waals surface area contributed by atoms with Crippen molar-refractivity contribution in [1.82, 2.24) is 14.7 Å². The van der Waals surface area contributed by atoms with Gasteiger partial charge < -0.3 is 20.0 Å². The zero-order valence-corrected chi connectivity index (χ0v) is 24.6. The van der Waals surface area contributed by atoms with E-state index in [9.17, 15) is 24.4 Å². The van der Waals surface area contributed by atoms with Crippen molar-refractivity contribution in [3.05, 3.63) is 29.8 Å². The van der Waals surface area contributed by atoms with Gasteiger partial charge in [-0.25, -0.2) is 0 Å². The highest BCUT2D eigenvalue weighted by Crippen LogP contribution is 2.46. The summed E-state index contributed by atoms with van der Waals surface area (Å²) < 4.78 is 0. The Bertz CT molecular complexity index is 1170. The maximum Gasteiger partial charge on any atom is 0.246 e. The van der Waals surface area contributed by atoms with E-state index in [-0.39, 0.29) is 47.9 Å². The SMILES string of the molecule is CC(=O)N(C)[C@@H](CCC(C)(C)C)C(=O)N(C)[C@@H](CC(C)C)C(=O)N1C[C@]2(C[C@H]1C#N)C(=O)Nc1ccccc12. The topological polar surface area (TPSA) is 114 Å². The van der Waals surface area contributed by atoms with Crippen LogP contribution >= 0.6 is 0 Å². The number of carbonyl (C=O) groups is 4. The van der Waals surface area contributed by atoms with Crippen LogP contribution in [0.3, 0.4) is 0 Å². The summed E-state index contributed by atoms with van der Waals surface area (Å²) >= 11 is 0. The van der Waals surface area contributed by atoms with Gasteiger partial charge in [0.15, 0.2) is 0 Å². The van der Waals surface area contributed by atoms with Crippen molar-refractivity contribution in [3.8, 4) is 6.07 Å². The van der Waals surface area contributed by atoms with E-state index in [2.05, 4.69) is 32.2 Å². The first-order valence-corrected chi connectivity index (χ1v) is 13.7. The number of hydrogen-bond acceptors (Lipinski definition) is 5. The van der Waals surface area contributed by atoms with Gasteiger partial charge in [0.25, 0.3) is 0 Å². The van der Waals surface area contributed by atoms with Gasteiger partial charge in [-0.2, -0.15) is 5.26 Å². The summed E-state index contributed by atoms with van der Waals surface area (Å²) in [6, 6.07) is 7.27. The maximum absolute atomic E-state index is 14.2. The molecule has 1 saturated heterocycles. The molecule has 1 aromatic rings. The molecule has 212 valence electrons. The molecule has 1 aromatic carbocycles. The summed E-state index contributed by atoms with van der Waals surface area (Å²) in [4.78, 5) is 57.9. The van der Waals surface area contributed by atoms with Crippen molar-refractivity contribution in [2.45, 2.75) is 90.8 Å². The molecule has 0 aromatic heterocycles.